The van der Waals surface area contributed by atoms with E-state index in [1.165, 1.54) is 0 Å². The zero-order chi connectivity index (χ0) is 15.5. The number of rotatable bonds is 4. The van der Waals surface area contributed by atoms with Crippen molar-refractivity contribution in [2.45, 2.75) is 24.3 Å². The summed E-state index contributed by atoms with van der Waals surface area (Å²) in [5, 5.41) is 0.0245. The van der Waals surface area contributed by atoms with Gasteiger partial charge in [0.25, 0.3) is 5.91 Å². The normalized spacial score (nSPS) is 24.5. The maximum Gasteiger partial charge on any atom is 0.252 e. The molecule has 2 aliphatic rings. The van der Waals surface area contributed by atoms with Crippen LogP contribution in [0.15, 0.2) is 18.2 Å². The van der Waals surface area contributed by atoms with Crippen LogP contribution in [0.3, 0.4) is 0 Å². The number of methoxy groups -OCH3 is 2. The highest BCUT2D eigenvalue weighted by Crippen LogP contribution is 2.41. The summed E-state index contributed by atoms with van der Waals surface area (Å²) in [7, 11) is 3.24. The first-order valence-corrected chi connectivity index (χ1v) is 8.55. The summed E-state index contributed by atoms with van der Waals surface area (Å²) in [5.41, 5.74) is 1.06. The predicted molar refractivity (Wildman–Crippen MR) is 85.4 cm³/mol. The van der Waals surface area contributed by atoms with Crippen molar-refractivity contribution in [3.05, 3.63) is 23.8 Å². The molecule has 2 aliphatic heterocycles. The molecular weight excluding hydrogens is 302 g/mol. The summed E-state index contributed by atoms with van der Waals surface area (Å²) < 4.78 is 16.2. The highest BCUT2D eigenvalue weighted by atomic mass is 32.2. The van der Waals surface area contributed by atoms with Crippen molar-refractivity contribution < 1.29 is 19.0 Å². The SMILES string of the molecule is COc1ccc(C2SCCN2C(=O)C2CCCO2)cc1OC. The molecule has 0 radical (unpaired) electrons. The number of carbonyl (C=O) groups is 1. The molecule has 22 heavy (non-hydrogen) atoms. The molecule has 2 atom stereocenters. The Hall–Kier alpha value is -1.40. The van der Waals surface area contributed by atoms with Crippen LogP contribution in [0.2, 0.25) is 0 Å². The summed E-state index contributed by atoms with van der Waals surface area (Å²) in [6.45, 7) is 1.46. The molecule has 2 fully saturated rings. The average Bonchev–Trinajstić information content (AvgIpc) is 3.24. The molecule has 1 amide bonds. The summed E-state index contributed by atoms with van der Waals surface area (Å²) in [5.74, 6) is 2.45. The van der Waals surface area contributed by atoms with Gasteiger partial charge in [-0.05, 0) is 30.5 Å². The molecule has 0 aromatic heterocycles. The number of nitrogens with zero attached hydrogens (tertiary/aromatic N) is 1. The van der Waals surface area contributed by atoms with E-state index in [0.717, 1.165) is 30.7 Å². The van der Waals surface area contributed by atoms with Crippen molar-refractivity contribution in [1.29, 1.82) is 0 Å². The maximum atomic E-state index is 12.6. The summed E-state index contributed by atoms with van der Waals surface area (Å²) in [6.07, 6.45) is 1.54. The van der Waals surface area contributed by atoms with Crippen molar-refractivity contribution in [3.8, 4) is 11.5 Å². The standard InChI is InChI=1S/C16H21NO4S/c1-19-12-6-5-11(10-14(12)20-2)16-17(7-9-22-16)15(18)13-4-3-8-21-13/h5-6,10,13,16H,3-4,7-9H2,1-2H3. The number of hydrogen-bond donors (Lipinski definition) is 0. The van der Waals surface area contributed by atoms with Gasteiger partial charge in [-0.25, -0.2) is 0 Å². The van der Waals surface area contributed by atoms with E-state index in [0.29, 0.717) is 18.1 Å². The lowest BCUT2D eigenvalue weighted by atomic mass is 10.1. The van der Waals surface area contributed by atoms with Gasteiger partial charge in [-0.1, -0.05) is 6.07 Å². The van der Waals surface area contributed by atoms with Gasteiger partial charge in [0.05, 0.1) is 14.2 Å². The summed E-state index contributed by atoms with van der Waals surface area (Å²) >= 11 is 1.78. The number of carbonyl (C=O) groups excluding carboxylic acids is 1. The molecule has 3 rings (SSSR count). The van der Waals surface area contributed by atoms with Crippen LogP contribution >= 0.6 is 11.8 Å². The van der Waals surface area contributed by atoms with E-state index in [1.807, 2.05) is 23.1 Å². The number of thioether (sulfide) groups is 1. The van der Waals surface area contributed by atoms with Gasteiger partial charge < -0.3 is 19.1 Å². The largest absolute Gasteiger partial charge is 0.493 e. The van der Waals surface area contributed by atoms with Crippen LogP contribution in [0, 0.1) is 0 Å². The number of benzene rings is 1. The van der Waals surface area contributed by atoms with E-state index in [-0.39, 0.29) is 17.4 Å². The van der Waals surface area contributed by atoms with Crippen LogP contribution in [0.5, 0.6) is 11.5 Å². The fourth-order valence-corrected chi connectivity index (χ4v) is 4.19. The molecule has 2 saturated heterocycles. The molecule has 2 unspecified atom stereocenters. The lowest BCUT2D eigenvalue weighted by Crippen LogP contribution is -2.38. The molecule has 0 saturated carbocycles. The van der Waals surface area contributed by atoms with E-state index in [9.17, 15) is 4.79 Å². The Morgan fingerprint density at radius 1 is 1.32 bits per heavy atom. The lowest BCUT2D eigenvalue weighted by Gasteiger charge is -2.27. The molecule has 5 nitrogen and oxygen atoms in total. The van der Waals surface area contributed by atoms with Gasteiger partial charge in [-0.2, -0.15) is 0 Å². The third-order valence-corrected chi connectivity index (χ3v) is 5.33. The van der Waals surface area contributed by atoms with E-state index in [1.54, 1.807) is 26.0 Å². The Bertz CT molecular complexity index is 545. The third-order valence-electron chi connectivity index (χ3n) is 4.07. The Kier molecular flexibility index (Phi) is 4.78. The number of ether oxygens (including phenoxy) is 3. The fourth-order valence-electron chi connectivity index (χ4n) is 2.94. The van der Waals surface area contributed by atoms with Gasteiger partial charge >= 0.3 is 0 Å². The van der Waals surface area contributed by atoms with Gasteiger partial charge in [0, 0.05) is 18.9 Å². The third kappa shape index (κ3) is 2.90. The molecular formula is C16H21NO4S. The van der Waals surface area contributed by atoms with Crippen molar-refractivity contribution in [2.24, 2.45) is 0 Å². The first-order valence-electron chi connectivity index (χ1n) is 7.50. The second-order valence-electron chi connectivity index (χ2n) is 5.37. The molecule has 0 aliphatic carbocycles. The van der Waals surface area contributed by atoms with Gasteiger partial charge in [-0.15, -0.1) is 11.8 Å². The maximum absolute atomic E-state index is 12.6. The van der Waals surface area contributed by atoms with Gasteiger partial charge in [0.2, 0.25) is 0 Å². The smallest absolute Gasteiger partial charge is 0.252 e. The first kappa shape index (κ1) is 15.5. The van der Waals surface area contributed by atoms with Gasteiger partial charge in [0.15, 0.2) is 11.5 Å². The highest BCUT2D eigenvalue weighted by Gasteiger charge is 2.36. The molecule has 0 N–H and O–H groups in total. The van der Waals surface area contributed by atoms with Gasteiger partial charge in [0.1, 0.15) is 11.5 Å². The monoisotopic (exact) mass is 323 g/mol. The van der Waals surface area contributed by atoms with Gasteiger partial charge in [-0.3, -0.25) is 4.79 Å². The van der Waals surface area contributed by atoms with Crippen LogP contribution < -0.4 is 9.47 Å². The quantitative estimate of drug-likeness (QED) is 0.852. The van der Waals surface area contributed by atoms with Crippen LogP contribution in [0.1, 0.15) is 23.8 Å². The van der Waals surface area contributed by atoms with E-state index in [2.05, 4.69) is 0 Å². The van der Waals surface area contributed by atoms with E-state index in [4.69, 9.17) is 14.2 Å². The highest BCUT2D eigenvalue weighted by molar-refractivity contribution is 7.99. The van der Waals surface area contributed by atoms with Crippen LogP contribution in [0.25, 0.3) is 0 Å². The van der Waals surface area contributed by atoms with Crippen LogP contribution in [-0.2, 0) is 9.53 Å². The molecule has 1 aromatic rings. The minimum atomic E-state index is -0.263. The van der Waals surface area contributed by atoms with Crippen molar-refractivity contribution in [2.75, 3.05) is 33.1 Å². The molecule has 6 heteroatoms. The zero-order valence-corrected chi connectivity index (χ0v) is 13.7. The van der Waals surface area contributed by atoms with Crippen molar-refractivity contribution >= 4 is 17.7 Å². The van der Waals surface area contributed by atoms with E-state index < -0.39 is 0 Å². The average molecular weight is 323 g/mol. The molecule has 0 bridgehead atoms. The number of hydrogen-bond acceptors (Lipinski definition) is 5. The Morgan fingerprint density at radius 3 is 2.82 bits per heavy atom. The number of amides is 1. The second-order valence-corrected chi connectivity index (χ2v) is 6.56. The summed E-state index contributed by atoms with van der Waals surface area (Å²) in [6, 6.07) is 5.85. The van der Waals surface area contributed by atoms with Crippen molar-refractivity contribution in [3.63, 3.8) is 0 Å². The molecule has 2 heterocycles. The Balaban J connectivity index is 1.82. The zero-order valence-electron chi connectivity index (χ0n) is 12.9. The summed E-state index contributed by atoms with van der Waals surface area (Å²) in [4.78, 5) is 14.6. The Labute approximate surface area is 134 Å². The van der Waals surface area contributed by atoms with Crippen LogP contribution in [0.4, 0.5) is 0 Å². The van der Waals surface area contributed by atoms with E-state index >= 15 is 0 Å². The molecule has 0 spiro atoms. The molecule has 1 aromatic carbocycles. The lowest BCUT2D eigenvalue weighted by molar-refractivity contribution is -0.141. The Morgan fingerprint density at radius 2 is 2.14 bits per heavy atom. The van der Waals surface area contributed by atoms with Crippen molar-refractivity contribution in [1.82, 2.24) is 4.90 Å². The predicted octanol–water partition coefficient (Wildman–Crippen LogP) is 2.46. The molecule has 120 valence electrons. The topological polar surface area (TPSA) is 48.0 Å². The fraction of sp³-hybridized carbons (Fsp3) is 0.562. The minimum absolute atomic E-state index is 0.0245. The second kappa shape index (κ2) is 6.79. The van der Waals surface area contributed by atoms with Crippen LogP contribution in [-0.4, -0.2) is 50.0 Å². The first-order chi connectivity index (χ1) is 10.7. The minimum Gasteiger partial charge on any atom is -0.493 e.